The van der Waals surface area contributed by atoms with Crippen molar-refractivity contribution in [1.82, 2.24) is 25.8 Å². The Labute approximate surface area is 192 Å². The van der Waals surface area contributed by atoms with Gasteiger partial charge in [-0.1, -0.05) is 30.3 Å². The Morgan fingerprint density at radius 3 is 2.52 bits per heavy atom. The summed E-state index contributed by atoms with van der Waals surface area (Å²) in [5.74, 6) is 0.933. The quantitative estimate of drug-likeness (QED) is 0.278. The molecule has 1 unspecified atom stereocenters. The highest BCUT2D eigenvalue weighted by Gasteiger charge is 2.21. The van der Waals surface area contributed by atoms with Crippen molar-refractivity contribution in [3.8, 4) is 0 Å². The molecule has 1 amide bonds. The standard InChI is InChI=1S/C21H36N6O.HI/c1-17(26(4)15-18-8-6-5-7-9-18)14-24-21(23-3)25-19-10-12-27(13-11-19)16-20(28)22-2;/h5-9,17,19H,10-16H2,1-4H3,(H,22,28)(H2,23,24,25);1H. The molecule has 3 N–H and O–H groups in total. The molecule has 0 spiro atoms. The number of nitrogens with one attached hydrogen (secondary N) is 3. The molecule has 1 atom stereocenters. The Bertz CT molecular complexity index is 619. The predicted octanol–water partition coefficient (Wildman–Crippen LogP) is 1.50. The lowest BCUT2D eigenvalue weighted by Gasteiger charge is -2.33. The molecule has 2 rings (SSSR count). The maximum atomic E-state index is 11.5. The van der Waals surface area contributed by atoms with Crippen LogP contribution in [0.15, 0.2) is 35.3 Å². The van der Waals surface area contributed by atoms with Crippen LogP contribution in [-0.2, 0) is 11.3 Å². The van der Waals surface area contributed by atoms with E-state index in [2.05, 4.69) is 69.0 Å². The van der Waals surface area contributed by atoms with E-state index in [0.717, 1.165) is 45.0 Å². The third-order valence-corrected chi connectivity index (χ3v) is 5.39. The van der Waals surface area contributed by atoms with Gasteiger partial charge in [0.2, 0.25) is 5.91 Å². The number of halogens is 1. The Morgan fingerprint density at radius 1 is 1.28 bits per heavy atom. The van der Waals surface area contributed by atoms with E-state index in [1.54, 1.807) is 7.05 Å². The fourth-order valence-electron chi connectivity index (χ4n) is 3.33. The van der Waals surface area contributed by atoms with Gasteiger partial charge in [-0.05, 0) is 32.4 Å². The van der Waals surface area contributed by atoms with Gasteiger partial charge in [-0.15, -0.1) is 24.0 Å². The molecule has 8 heteroatoms. The van der Waals surface area contributed by atoms with Gasteiger partial charge < -0.3 is 16.0 Å². The number of aliphatic imine (C=N–C) groups is 1. The minimum Gasteiger partial charge on any atom is -0.358 e. The van der Waals surface area contributed by atoms with Crippen LogP contribution < -0.4 is 16.0 Å². The summed E-state index contributed by atoms with van der Waals surface area (Å²) in [6, 6.07) is 11.3. The first kappa shape index (κ1) is 25.6. The average Bonchev–Trinajstić information content (AvgIpc) is 2.72. The number of hydrogen-bond donors (Lipinski definition) is 3. The van der Waals surface area contributed by atoms with E-state index in [9.17, 15) is 4.79 Å². The van der Waals surface area contributed by atoms with Crippen LogP contribution in [0.3, 0.4) is 0 Å². The summed E-state index contributed by atoms with van der Waals surface area (Å²) in [7, 11) is 5.65. The second kappa shape index (κ2) is 13.8. The van der Waals surface area contributed by atoms with Crippen molar-refractivity contribution in [1.29, 1.82) is 0 Å². The van der Waals surface area contributed by atoms with Crippen molar-refractivity contribution in [2.75, 3.05) is 47.3 Å². The molecule has 164 valence electrons. The molecule has 0 saturated carbocycles. The summed E-state index contributed by atoms with van der Waals surface area (Å²) in [5.41, 5.74) is 1.32. The molecule has 7 nitrogen and oxygen atoms in total. The molecule has 1 aromatic carbocycles. The molecule has 1 heterocycles. The molecular formula is C21H37IN6O. The van der Waals surface area contributed by atoms with Gasteiger partial charge in [0, 0.05) is 52.4 Å². The zero-order chi connectivity index (χ0) is 20.4. The molecule has 0 aliphatic carbocycles. The zero-order valence-corrected chi connectivity index (χ0v) is 20.5. The van der Waals surface area contributed by atoms with E-state index in [-0.39, 0.29) is 29.9 Å². The smallest absolute Gasteiger partial charge is 0.233 e. The minimum atomic E-state index is 0. The number of guanidine groups is 1. The predicted molar refractivity (Wildman–Crippen MR) is 131 cm³/mol. The maximum absolute atomic E-state index is 11.5. The largest absolute Gasteiger partial charge is 0.358 e. The lowest BCUT2D eigenvalue weighted by Crippen LogP contribution is -2.51. The SMILES string of the molecule is CN=C(NCC(C)N(C)Cc1ccccc1)NC1CCN(CC(=O)NC)CC1.I. The number of likely N-dealkylation sites (N-methyl/N-ethyl adjacent to an activating group) is 2. The number of likely N-dealkylation sites (tertiary alicyclic amines) is 1. The molecular weight excluding hydrogens is 479 g/mol. The second-order valence-electron chi connectivity index (χ2n) is 7.57. The van der Waals surface area contributed by atoms with Crippen molar-refractivity contribution in [2.45, 2.75) is 38.4 Å². The fraction of sp³-hybridized carbons (Fsp3) is 0.619. The van der Waals surface area contributed by atoms with E-state index >= 15 is 0 Å². The molecule has 0 aromatic heterocycles. The van der Waals surface area contributed by atoms with Crippen LogP contribution in [0.2, 0.25) is 0 Å². The van der Waals surface area contributed by atoms with Crippen LogP contribution in [0, 0.1) is 0 Å². The van der Waals surface area contributed by atoms with E-state index in [1.165, 1.54) is 5.56 Å². The summed E-state index contributed by atoms with van der Waals surface area (Å²) in [4.78, 5) is 20.4. The normalized spacial score (nSPS) is 16.8. The number of carbonyl (C=O) groups is 1. The molecule has 0 radical (unpaired) electrons. The summed E-state index contributed by atoms with van der Waals surface area (Å²) >= 11 is 0. The van der Waals surface area contributed by atoms with E-state index in [1.807, 2.05) is 13.1 Å². The van der Waals surface area contributed by atoms with E-state index in [0.29, 0.717) is 18.6 Å². The third kappa shape index (κ3) is 9.31. The van der Waals surface area contributed by atoms with Gasteiger partial charge in [0.05, 0.1) is 6.54 Å². The van der Waals surface area contributed by atoms with Gasteiger partial charge in [-0.3, -0.25) is 19.6 Å². The van der Waals surface area contributed by atoms with Crippen LogP contribution in [-0.4, -0.2) is 81.1 Å². The molecule has 1 fully saturated rings. The van der Waals surface area contributed by atoms with Crippen molar-refractivity contribution in [2.24, 2.45) is 4.99 Å². The van der Waals surface area contributed by atoms with Crippen LogP contribution in [0.1, 0.15) is 25.3 Å². The van der Waals surface area contributed by atoms with Crippen LogP contribution in [0.5, 0.6) is 0 Å². The van der Waals surface area contributed by atoms with Gasteiger partial charge in [0.15, 0.2) is 5.96 Å². The number of nitrogens with zero attached hydrogens (tertiary/aromatic N) is 3. The first-order valence-electron chi connectivity index (χ1n) is 10.2. The maximum Gasteiger partial charge on any atom is 0.233 e. The molecule has 1 aliphatic rings. The number of piperidine rings is 1. The summed E-state index contributed by atoms with van der Waals surface area (Å²) in [6.45, 7) is 6.33. The Hall–Kier alpha value is -1.39. The van der Waals surface area contributed by atoms with Crippen LogP contribution in [0.25, 0.3) is 0 Å². The van der Waals surface area contributed by atoms with Gasteiger partial charge in [0.1, 0.15) is 0 Å². The summed E-state index contributed by atoms with van der Waals surface area (Å²) < 4.78 is 0. The van der Waals surface area contributed by atoms with Crippen molar-refractivity contribution in [3.63, 3.8) is 0 Å². The Kier molecular flexibility index (Phi) is 12.2. The topological polar surface area (TPSA) is 72.0 Å². The Balaban J connectivity index is 0.00000420. The third-order valence-electron chi connectivity index (χ3n) is 5.39. The van der Waals surface area contributed by atoms with Gasteiger partial charge in [-0.25, -0.2) is 0 Å². The number of benzene rings is 1. The van der Waals surface area contributed by atoms with Crippen LogP contribution in [0.4, 0.5) is 0 Å². The number of hydrogen-bond acceptors (Lipinski definition) is 4. The Morgan fingerprint density at radius 2 is 1.93 bits per heavy atom. The number of carbonyl (C=O) groups excluding carboxylic acids is 1. The molecule has 1 saturated heterocycles. The zero-order valence-electron chi connectivity index (χ0n) is 18.1. The lowest BCUT2D eigenvalue weighted by atomic mass is 10.1. The number of rotatable bonds is 8. The van der Waals surface area contributed by atoms with Crippen molar-refractivity contribution >= 4 is 35.8 Å². The average molecular weight is 516 g/mol. The highest BCUT2D eigenvalue weighted by atomic mass is 127. The highest BCUT2D eigenvalue weighted by molar-refractivity contribution is 14.0. The summed E-state index contributed by atoms with van der Waals surface area (Å²) in [5, 5.41) is 9.67. The van der Waals surface area contributed by atoms with Gasteiger partial charge in [0.25, 0.3) is 0 Å². The van der Waals surface area contributed by atoms with Gasteiger partial charge >= 0.3 is 0 Å². The molecule has 1 aliphatic heterocycles. The minimum absolute atomic E-state index is 0. The van der Waals surface area contributed by atoms with Crippen molar-refractivity contribution < 1.29 is 4.79 Å². The van der Waals surface area contributed by atoms with Crippen LogP contribution >= 0.6 is 24.0 Å². The second-order valence-corrected chi connectivity index (χ2v) is 7.57. The monoisotopic (exact) mass is 516 g/mol. The lowest BCUT2D eigenvalue weighted by molar-refractivity contribution is -0.122. The molecule has 0 bridgehead atoms. The highest BCUT2D eigenvalue weighted by Crippen LogP contribution is 2.10. The fourth-order valence-corrected chi connectivity index (χ4v) is 3.33. The number of amides is 1. The van der Waals surface area contributed by atoms with E-state index in [4.69, 9.17) is 0 Å². The first-order chi connectivity index (χ1) is 13.5. The molecule has 1 aromatic rings. The van der Waals surface area contributed by atoms with E-state index < -0.39 is 0 Å². The van der Waals surface area contributed by atoms with Gasteiger partial charge in [-0.2, -0.15) is 0 Å². The van der Waals surface area contributed by atoms with Crippen molar-refractivity contribution in [3.05, 3.63) is 35.9 Å². The first-order valence-corrected chi connectivity index (χ1v) is 10.2. The summed E-state index contributed by atoms with van der Waals surface area (Å²) in [6.07, 6.45) is 2.03. The molecule has 29 heavy (non-hydrogen) atoms.